The lowest BCUT2D eigenvalue weighted by Gasteiger charge is -2.12. The van der Waals surface area contributed by atoms with E-state index in [1.807, 2.05) is 36.4 Å². The summed E-state index contributed by atoms with van der Waals surface area (Å²) in [7, 11) is 3.10. The van der Waals surface area contributed by atoms with Gasteiger partial charge in [0.15, 0.2) is 16.5 Å². The second kappa shape index (κ2) is 10.3. The van der Waals surface area contributed by atoms with Crippen molar-refractivity contribution in [3.05, 3.63) is 78.4 Å². The van der Waals surface area contributed by atoms with Crippen LogP contribution in [0.25, 0.3) is 0 Å². The summed E-state index contributed by atoms with van der Waals surface area (Å²) in [5, 5.41) is 5.67. The molecule has 2 N–H and O–H groups in total. The van der Waals surface area contributed by atoms with Crippen molar-refractivity contribution in [1.82, 2.24) is 0 Å². The van der Waals surface area contributed by atoms with Crippen molar-refractivity contribution in [2.75, 3.05) is 24.9 Å². The van der Waals surface area contributed by atoms with Crippen LogP contribution in [0.4, 0.5) is 11.4 Å². The van der Waals surface area contributed by atoms with Crippen LogP contribution in [-0.2, 0) is 11.4 Å². The van der Waals surface area contributed by atoms with Crippen LogP contribution in [0.5, 0.6) is 17.2 Å². The van der Waals surface area contributed by atoms with Gasteiger partial charge >= 0.3 is 0 Å². The first kappa shape index (κ1) is 21.1. The van der Waals surface area contributed by atoms with Crippen molar-refractivity contribution in [3.8, 4) is 17.2 Å². The zero-order chi connectivity index (χ0) is 21.3. The second-order valence-corrected chi connectivity index (χ2v) is 6.69. The van der Waals surface area contributed by atoms with Crippen LogP contribution in [0.15, 0.2) is 72.8 Å². The number of carbonyl (C=O) groups is 1. The Labute approximate surface area is 180 Å². The number of benzene rings is 3. The summed E-state index contributed by atoms with van der Waals surface area (Å²) in [6.45, 7) is 0.442. The minimum Gasteiger partial charge on any atom is -0.493 e. The molecule has 0 atom stereocenters. The van der Waals surface area contributed by atoms with Gasteiger partial charge in [0.2, 0.25) is 0 Å². The molecular weight excluding hydrogens is 400 g/mol. The molecule has 0 saturated carbocycles. The molecule has 0 heterocycles. The van der Waals surface area contributed by atoms with Crippen LogP contribution in [0, 0.1) is 0 Å². The molecule has 6 nitrogen and oxygen atoms in total. The van der Waals surface area contributed by atoms with Gasteiger partial charge in [0.1, 0.15) is 12.4 Å². The number of rotatable bonds is 7. The lowest BCUT2D eigenvalue weighted by molar-refractivity contribution is -0.110. The van der Waals surface area contributed by atoms with Crippen molar-refractivity contribution in [2.24, 2.45) is 0 Å². The highest BCUT2D eigenvalue weighted by molar-refractivity contribution is 7.82. The SMILES string of the molecule is COc1ccc(NC(=S)C(=O)Nc2cccc(OCc3ccccc3)c2)cc1OC. The first-order valence-corrected chi connectivity index (χ1v) is 9.61. The third-order valence-electron chi connectivity index (χ3n) is 4.19. The molecule has 3 rings (SSSR count). The zero-order valence-electron chi connectivity index (χ0n) is 16.7. The average molecular weight is 423 g/mol. The maximum atomic E-state index is 12.5. The lowest BCUT2D eigenvalue weighted by atomic mass is 10.2. The topological polar surface area (TPSA) is 68.8 Å². The van der Waals surface area contributed by atoms with Gasteiger partial charge in [0.05, 0.1) is 14.2 Å². The first-order valence-electron chi connectivity index (χ1n) is 9.20. The van der Waals surface area contributed by atoms with Gasteiger partial charge in [-0.1, -0.05) is 48.6 Å². The molecule has 30 heavy (non-hydrogen) atoms. The molecule has 0 fully saturated rings. The van der Waals surface area contributed by atoms with Crippen LogP contribution in [0.2, 0.25) is 0 Å². The number of hydrogen-bond acceptors (Lipinski definition) is 5. The molecule has 0 aliphatic rings. The number of ether oxygens (including phenoxy) is 3. The van der Waals surface area contributed by atoms with Crippen LogP contribution in [-0.4, -0.2) is 25.1 Å². The third kappa shape index (κ3) is 5.71. The number of anilines is 2. The van der Waals surface area contributed by atoms with Gasteiger partial charge in [-0.25, -0.2) is 0 Å². The van der Waals surface area contributed by atoms with Crippen molar-refractivity contribution >= 4 is 34.5 Å². The number of thiocarbonyl (C=S) groups is 1. The molecule has 0 spiro atoms. The summed E-state index contributed by atoms with van der Waals surface area (Å²) >= 11 is 5.22. The standard InChI is InChI=1S/C23H22N2O4S/c1-27-20-12-11-18(14-21(20)28-2)25-23(30)22(26)24-17-9-6-10-19(13-17)29-15-16-7-4-3-5-8-16/h3-14H,15H2,1-2H3,(H,24,26)(H,25,30). The Bertz CT molecular complexity index is 1020. The number of carbonyl (C=O) groups excluding carboxylic acids is 1. The predicted octanol–water partition coefficient (Wildman–Crippen LogP) is 4.66. The van der Waals surface area contributed by atoms with Gasteiger partial charge in [0.25, 0.3) is 5.91 Å². The number of amides is 1. The Morgan fingerprint density at radius 2 is 1.57 bits per heavy atom. The van der Waals surface area contributed by atoms with Gasteiger partial charge in [-0.2, -0.15) is 0 Å². The Morgan fingerprint density at radius 3 is 2.30 bits per heavy atom. The van der Waals surface area contributed by atoms with E-state index in [9.17, 15) is 4.79 Å². The molecule has 0 aromatic heterocycles. The summed E-state index contributed by atoms with van der Waals surface area (Å²) in [4.78, 5) is 12.5. The predicted molar refractivity (Wildman–Crippen MR) is 122 cm³/mol. The van der Waals surface area contributed by atoms with E-state index in [1.54, 1.807) is 50.6 Å². The molecule has 0 bridgehead atoms. The highest BCUT2D eigenvalue weighted by Crippen LogP contribution is 2.29. The molecule has 1 amide bonds. The highest BCUT2D eigenvalue weighted by atomic mass is 32.1. The lowest BCUT2D eigenvalue weighted by Crippen LogP contribution is -2.27. The van der Waals surface area contributed by atoms with Gasteiger partial charge in [0, 0.05) is 23.5 Å². The second-order valence-electron chi connectivity index (χ2n) is 6.28. The van der Waals surface area contributed by atoms with E-state index in [0.717, 1.165) is 5.56 Å². The number of methoxy groups -OCH3 is 2. The molecular formula is C23H22N2O4S. The maximum Gasteiger partial charge on any atom is 0.283 e. The fraction of sp³-hybridized carbons (Fsp3) is 0.130. The van der Waals surface area contributed by atoms with E-state index in [4.69, 9.17) is 26.4 Å². The molecule has 154 valence electrons. The number of nitrogens with one attached hydrogen (secondary N) is 2. The quantitative estimate of drug-likeness (QED) is 0.540. The highest BCUT2D eigenvalue weighted by Gasteiger charge is 2.12. The monoisotopic (exact) mass is 422 g/mol. The van der Waals surface area contributed by atoms with E-state index < -0.39 is 5.91 Å². The van der Waals surface area contributed by atoms with Gasteiger partial charge in [-0.15, -0.1) is 0 Å². The molecule has 0 saturated heterocycles. The summed E-state index contributed by atoms with van der Waals surface area (Å²) < 4.78 is 16.3. The molecule has 3 aromatic carbocycles. The Hall–Kier alpha value is -3.58. The minimum absolute atomic E-state index is 0.0258. The molecule has 7 heteroatoms. The van der Waals surface area contributed by atoms with Crippen molar-refractivity contribution in [1.29, 1.82) is 0 Å². The molecule has 0 unspecified atom stereocenters. The Balaban J connectivity index is 1.59. The van der Waals surface area contributed by atoms with Gasteiger partial charge in [-0.05, 0) is 29.8 Å². The third-order valence-corrected chi connectivity index (χ3v) is 4.48. The number of hydrogen-bond donors (Lipinski definition) is 2. The van der Waals surface area contributed by atoms with Crippen LogP contribution in [0.1, 0.15) is 5.56 Å². The Morgan fingerprint density at radius 1 is 0.833 bits per heavy atom. The first-order chi connectivity index (χ1) is 14.6. The molecule has 0 radical (unpaired) electrons. The molecule has 3 aromatic rings. The largest absolute Gasteiger partial charge is 0.493 e. The summed E-state index contributed by atoms with van der Waals surface area (Å²) in [5.41, 5.74) is 2.27. The van der Waals surface area contributed by atoms with Crippen molar-refractivity contribution < 1.29 is 19.0 Å². The fourth-order valence-corrected chi connectivity index (χ4v) is 2.86. The van der Waals surface area contributed by atoms with Crippen LogP contribution in [0.3, 0.4) is 0 Å². The Kier molecular flexibility index (Phi) is 7.24. The minimum atomic E-state index is -0.431. The van der Waals surface area contributed by atoms with Crippen molar-refractivity contribution in [2.45, 2.75) is 6.61 Å². The van der Waals surface area contributed by atoms with Gasteiger partial charge in [-0.3, -0.25) is 4.79 Å². The summed E-state index contributed by atoms with van der Waals surface area (Å²) in [5.74, 6) is 1.34. The van der Waals surface area contributed by atoms with E-state index in [-0.39, 0.29) is 4.99 Å². The van der Waals surface area contributed by atoms with Gasteiger partial charge < -0.3 is 24.8 Å². The van der Waals surface area contributed by atoms with E-state index >= 15 is 0 Å². The summed E-state index contributed by atoms with van der Waals surface area (Å²) in [6.07, 6.45) is 0. The van der Waals surface area contributed by atoms with E-state index in [1.165, 1.54) is 0 Å². The zero-order valence-corrected chi connectivity index (χ0v) is 17.5. The summed E-state index contributed by atoms with van der Waals surface area (Å²) in [6, 6.07) is 22.2. The van der Waals surface area contributed by atoms with Crippen LogP contribution >= 0.6 is 12.2 Å². The fourth-order valence-electron chi connectivity index (χ4n) is 2.69. The molecule has 0 aliphatic heterocycles. The smallest absolute Gasteiger partial charge is 0.283 e. The molecule has 0 aliphatic carbocycles. The van der Waals surface area contributed by atoms with Crippen LogP contribution < -0.4 is 24.8 Å². The van der Waals surface area contributed by atoms with E-state index in [0.29, 0.717) is 35.2 Å². The van der Waals surface area contributed by atoms with E-state index in [2.05, 4.69) is 10.6 Å². The van der Waals surface area contributed by atoms with Crippen molar-refractivity contribution in [3.63, 3.8) is 0 Å². The normalized spacial score (nSPS) is 10.1. The maximum absolute atomic E-state index is 12.5. The average Bonchev–Trinajstić information content (AvgIpc) is 2.78.